The predicted molar refractivity (Wildman–Crippen MR) is 35.3 cm³/mol. The molecule has 5 heteroatoms. The van der Waals surface area contributed by atoms with E-state index in [4.69, 9.17) is 9.47 Å². The molecule has 0 aromatic heterocycles. The van der Waals surface area contributed by atoms with Crippen molar-refractivity contribution in [2.45, 2.75) is 12.2 Å². The molecule has 0 radical (unpaired) electrons. The van der Waals surface area contributed by atoms with Crippen molar-refractivity contribution in [2.24, 2.45) is 0 Å². The number of carbonyl (C=O) groups excluding carboxylic acids is 1. The molecule has 0 aromatic carbocycles. The number of ether oxygens (including phenoxy) is 2. The van der Waals surface area contributed by atoms with Gasteiger partial charge in [0, 0.05) is 13.1 Å². The second-order valence-corrected chi connectivity index (χ2v) is 2.22. The van der Waals surface area contributed by atoms with Gasteiger partial charge in [-0.1, -0.05) is 0 Å². The first-order valence-corrected chi connectivity index (χ1v) is 2.94. The fourth-order valence-corrected chi connectivity index (χ4v) is 1.14. The fourth-order valence-electron chi connectivity index (χ4n) is 1.14. The molecule has 2 aliphatic rings. The topological polar surface area (TPSA) is 47.6 Å². The van der Waals surface area contributed by atoms with Crippen LogP contribution in [0, 0.1) is 0 Å². The van der Waals surface area contributed by atoms with Gasteiger partial charge in [0.1, 0.15) is 0 Å². The number of nitrogens with one attached hydrogen (secondary N) is 1. The average molecular weight is 166 g/mol. The Morgan fingerprint density at radius 3 is 2.30 bits per heavy atom. The van der Waals surface area contributed by atoms with Gasteiger partial charge in [0.05, 0.1) is 0 Å². The van der Waals surface area contributed by atoms with Crippen molar-refractivity contribution in [3.8, 4) is 0 Å². The quantitative estimate of drug-likeness (QED) is 0.510. The van der Waals surface area contributed by atoms with Gasteiger partial charge in [-0.05, 0) is 0 Å². The Labute approximate surface area is 64.3 Å². The van der Waals surface area contributed by atoms with Gasteiger partial charge in [-0.3, -0.25) is 0 Å². The van der Waals surface area contributed by atoms with Gasteiger partial charge in [0.15, 0.2) is 12.2 Å². The molecule has 0 aromatic rings. The van der Waals surface area contributed by atoms with Gasteiger partial charge in [-0.2, -0.15) is 0 Å². The number of hydrogen-bond donors (Lipinski definition) is 1. The summed E-state index contributed by atoms with van der Waals surface area (Å²) < 4.78 is 9.52. The minimum absolute atomic E-state index is 0. The highest BCUT2D eigenvalue weighted by Crippen LogP contribution is 2.17. The van der Waals surface area contributed by atoms with Crippen LogP contribution in [0.2, 0.25) is 0 Å². The molecule has 10 heavy (non-hydrogen) atoms. The first-order valence-electron chi connectivity index (χ1n) is 2.94. The summed E-state index contributed by atoms with van der Waals surface area (Å²) in [5.41, 5.74) is 0. The average Bonchev–Trinajstić information content (AvgIpc) is 2.22. The molecular weight excluding hydrogens is 158 g/mol. The van der Waals surface area contributed by atoms with Crippen LogP contribution in [0.3, 0.4) is 0 Å². The number of fused-ring (bicyclic) bond motifs is 1. The van der Waals surface area contributed by atoms with Crippen molar-refractivity contribution in [2.75, 3.05) is 13.1 Å². The van der Waals surface area contributed by atoms with Gasteiger partial charge < -0.3 is 14.8 Å². The van der Waals surface area contributed by atoms with Crippen molar-refractivity contribution < 1.29 is 14.3 Å². The molecule has 1 N–H and O–H groups in total. The van der Waals surface area contributed by atoms with Crippen molar-refractivity contribution in [3.63, 3.8) is 0 Å². The Morgan fingerprint density at radius 2 is 1.80 bits per heavy atom. The van der Waals surface area contributed by atoms with Gasteiger partial charge in [-0.15, -0.1) is 12.4 Å². The molecule has 0 amide bonds. The van der Waals surface area contributed by atoms with Gasteiger partial charge >= 0.3 is 6.16 Å². The van der Waals surface area contributed by atoms with Gasteiger partial charge in [-0.25, -0.2) is 4.79 Å². The van der Waals surface area contributed by atoms with Gasteiger partial charge in [0.2, 0.25) is 0 Å². The second kappa shape index (κ2) is 2.64. The lowest BCUT2D eigenvalue weighted by Crippen LogP contribution is -2.18. The summed E-state index contributed by atoms with van der Waals surface area (Å²) in [5, 5.41) is 3.04. The maximum Gasteiger partial charge on any atom is 0.509 e. The van der Waals surface area contributed by atoms with Crippen molar-refractivity contribution in [1.29, 1.82) is 0 Å². The zero-order valence-corrected chi connectivity index (χ0v) is 6.02. The molecule has 2 atom stereocenters. The highest BCUT2D eigenvalue weighted by atomic mass is 35.5. The molecule has 2 fully saturated rings. The third kappa shape index (κ3) is 1.04. The minimum Gasteiger partial charge on any atom is -0.426 e. The van der Waals surface area contributed by atoms with E-state index in [1.165, 1.54) is 0 Å². The molecule has 2 saturated heterocycles. The van der Waals surface area contributed by atoms with Crippen LogP contribution in [-0.2, 0) is 9.47 Å². The van der Waals surface area contributed by atoms with E-state index >= 15 is 0 Å². The molecule has 2 heterocycles. The number of halogens is 1. The van der Waals surface area contributed by atoms with Crippen LogP contribution in [0.4, 0.5) is 4.79 Å². The summed E-state index contributed by atoms with van der Waals surface area (Å²) in [6.45, 7) is 1.47. The molecule has 4 nitrogen and oxygen atoms in total. The van der Waals surface area contributed by atoms with E-state index in [0.717, 1.165) is 13.1 Å². The molecule has 58 valence electrons. The summed E-state index contributed by atoms with van der Waals surface area (Å²) in [4.78, 5) is 10.4. The molecule has 0 saturated carbocycles. The van der Waals surface area contributed by atoms with Crippen LogP contribution >= 0.6 is 12.4 Å². The molecule has 2 rings (SSSR count). The Bertz CT molecular complexity index is 138. The lowest BCUT2D eigenvalue weighted by atomic mass is 10.3. The Hall–Kier alpha value is -0.480. The van der Waals surface area contributed by atoms with Crippen LogP contribution in [0.1, 0.15) is 0 Å². The number of rotatable bonds is 0. The Balaban J connectivity index is 0.000000500. The minimum atomic E-state index is -0.522. The van der Waals surface area contributed by atoms with E-state index in [2.05, 4.69) is 5.32 Å². The van der Waals surface area contributed by atoms with Crippen molar-refractivity contribution in [3.05, 3.63) is 0 Å². The van der Waals surface area contributed by atoms with Gasteiger partial charge in [0.25, 0.3) is 0 Å². The Morgan fingerprint density at radius 1 is 1.30 bits per heavy atom. The van der Waals surface area contributed by atoms with Crippen molar-refractivity contribution in [1.82, 2.24) is 5.32 Å². The highest BCUT2D eigenvalue weighted by Gasteiger charge is 2.39. The summed E-state index contributed by atoms with van der Waals surface area (Å²) in [6, 6.07) is 0. The van der Waals surface area contributed by atoms with E-state index in [1.807, 2.05) is 0 Å². The molecule has 0 unspecified atom stereocenters. The van der Waals surface area contributed by atoms with E-state index in [9.17, 15) is 4.79 Å². The molecule has 0 aliphatic carbocycles. The molecular formula is C5H8ClNO3. The highest BCUT2D eigenvalue weighted by molar-refractivity contribution is 5.85. The first-order chi connectivity index (χ1) is 4.36. The smallest absolute Gasteiger partial charge is 0.426 e. The Kier molecular flexibility index (Phi) is 2.01. The number of carbonyl (C=O) groups is 1. The van der Waals surface area contributed by atoms with E-state index in [0.29, 0.717) is 0 Å². The SMILES string of the molecule is Cl.O=C1O[C@H]2CNC[C@H]2O1. The predicted octanol–water partition coefficient (Wildman–Crippen LogP) is -0.0846. The summed E-state index contributed by atoms with van der Waals surface area (Å²) in [5.74, 6) is 0. The second-order valence-electron chi connectivity index (χ2n) is 2.22. The standard InChI is InChI=1S/C5H7NO3.ClH/c7-5-8-3-1-6-2-4(3)9-5;/h3-4,6H,1-2H2;1H/t3-,4+;. The van der Waals surface area contributed by atoms with Crippen LogP contribution in [0.25, 0.3) is 0 Å². The molecule has 0 spiro atoms. The summed E-state index contributed by atoms with van der Waals surface area (Å²) in [7, 11) is 0. The maximum atomic E-state index is 10.4. The monoisotopic (exact) mass is 165 g/mol. The lowest BCUT2D eigenvalue weighted by molar-refractivity contribution is 0.111. The van der Waals surface area contributed by atoms with Crippen LogP contribution < -0.4 is 5.32 Å². The zero-order valence-electron chi connectivity index (χ0n) is 5.20. The normalized spacial score (nSPS) is 35.8. The van der Waals surface area contributed by atoms with Crippen LogP contribution in [0.5, 0.6) is 0 Å². The van der Waals surface area contributed by atoms with Crippen molar-refractivity contribution >= 4 is 18.6 Å². The summed E-state index contributed by atoms with van der Waals surface area (Å²) in [6.07, 6.45) is -0.582. The van der Waals surface area contributed by atoms with E-state index in [-0.39, 0.29) is 24.6 Å². The molecule has 2 aliphatic heterocycles. The third-order valence-electron chi connectivity index (χ3n) is 1.60. The van der Waals surface area contributed by atoms with E-state index < -0.39 is 6.16 Å². The lowest BCUT2D eigenvalue weighted by Gasteiger charge is -1.98. The van der Waals surface area contributed by atoms with E-state index in [1.54, 1.807) is 0 Å². The summed E-state index contributed by atoms with van der Waals surface area (Å²) >= 11 is 0. The number of hydrogen-bond acceptors (Lipinski definition) is 4. The van der Waals surface area contributed by atoms with Crippen LogP contribution in [-0.4, -0.2) is 31.5 Å². The zero-order chi connectivity index (χ0) is 6.27. The fraction of sp³-hybridized carbons (Fsp3) is 0.800. The molecule has 0 bridgehead atoms. The largest absolute Gasteiger partial charge is 0.509 e. The maximum absolute atomic E-state index is 10.4. The first kappa shape index (κ1) is 7.63. The van der Waals surface area contributed by atoms with Crippen LogP contribution in [0.15, 0.2) is 0 Å². The third-order valence-corrected chi connectivity index (χ3v) is 1.60.